The van der Waals surface area contributed by atoms with E-state index in [1.165, 1.54) is 6.07 Å². The number of amides is 1. The van der Waals surface area contributed by atoms with E-state index in [1.54, 1.807) is 24.3 Å². The molecule has 1 fully saturated rings. The molecule has 0 spiro atoms. The van der Waals surface area contributed by atoms with E-state index >= 15 is 0 Å². The van der Waals surface area contributed by atoms with Gasteiger partial charge in [-0.05, 0) is 78.4 Å². The number of aryl methyl sites for hydroxylation is 1. The van der Waals surface area contributed by atoms with Crippen LogP contribution in [0.15, 0.2) is 59.5 Å². The Balaban J connectivity index is 0.00000274. The fourth-order valence-corrected chi connectivity index (χ4v) is 4.65. The van der Waals surface area contributed by atoms with Gasteiger partial charge in [-0.2, -0.15) is 8.42 Å². The predicted molar refractivity (Wildman–Crippen MR) is 121 cm³/mol. The lowest BCUT2D eigenvalue weighted by Crippen LogP contribution is -2.27. The number of halogens is 1. The summed E-state index contributed by atoms with van der Waals surface area (Å²) in [6.45, 7) is 1.99. The first-order valence-electron chi connectivity index (χ1n) is 10.3. The molecule has 0 bridgehead atoms. The van der Waals surface area contributed by atoms with Crippen LogP contribution >= 0.6 is 0 Å². The number of hydrogen-bond acceptors (Lipinski definition) is 5. The van der Waals surface area contributed by atoms with Gasteiger partial charge in [-0.1, -0.05) is 18.2 Å². The van der Waals surface area contributed by atoms with E-state index in [0.717, 1.165) is 23.3 Å². The van der Waals surface area contributed by atoms with Crippen LogP contribution < -0.4 is 14.8 Å². The minimum atomic E-state index is -4.66. The van der Waals surface area contributed by atoms with Gasteiger partial charge in [0.1, 0.15) is 10.7 Å². The van der Waals surface area contributed by atoms with E-state index in [2.05, 4.69) is 5.32 Å². The van der Waals surface area contributed by atoms with Gasteiger partial charge >= 0.3 is 0 Å². The normalized spacial score (nSPS) is 15.8. The van der Waals surface area contributed by atoms with E-state index in [4.69, 9.17) is 14.0 Å². The van der Waals surface area contributed by atoms with Crippen molar-refractivity contribution >= 4 is 21.7 Å². The van der Waals surface area contributed by atoms with Gasteiger partial charge in [0.25, 0.3) is 10.1 Å². The summed E-state index contributed by atoms with van der Waals surface area (Å²) in [7, 11) is -4.66. The molecular weight excluding hydrogens is 449 g/mol. The van der Waals surface area contributed by atoms with Crippen LogP contribution in [0.1, 0.15) is 25.4 Å². The molecule has 5 rings (SSSR count). The highest BCUT2D eigenvalue weighted by molar-refractivity contribution is 7.85. The van der Waals surface area contributed by atoms with Crippen molar-refractivity contribution in [3.8, 4) is 22.6 Å². The van der Waals surface area contributed by atoms with E-state index < -0.39 is 26.2 Å². The van der Waals surface area contributed by atoms with E-state index in [9.17, 15) is 17.6 Å². The Morgan fingerprint density at radius 3 is 2.52 bits per heavy atom. The van der Waals surface area contributed by atoms with Crippen LogP contribution in [0, 0.1) is 12.7 Å². The molecule has 9 heteroatoms. The molecule has 1 heterocycles. The van der Waals surface area contributed by atoms with Gasteiger partial charge in [-0.15, -0.1) is 0 Å². The third kappa shape index (κ3) is 3.83. The summed E-state index contributed by atoms with van der Waals surface area (Å²) in [4.78, 5) is 12.4. The van der Waals surface area contributed by atoms with Crippen molar-refractivity contribution in [3.63, 3.8) is 0 Å². The molecular formula is C24H22FNO6S. The molecule has 2 aliphatic rings. The maximum absolute atomic E-state index is 14.3. The molecule has 0 aromatic heterocycles. The number of carbonyl (C=O) groups excluding carboxylic acids is 1. The van der Waals surface area contributed by atoms with E-state index in [-0.39, 0.29) is 14.1 Å². The molecule has 0 saturated heterocycles. The van der Waals surface area contributed by atoms with Gasteiger partial charge in [-0.3, -0.25) is 9.35 Å². The summed E-state index contributed by atoms with van der Waals surface area (Å²) in [6.07, 6.45) is 1.42. The maximum atomic E-state index is 14.3. The summed E-state index contributed by atoms with van der Waals surface area (Å²) < 4.78 is 56.8. The van der Waals surface area contributed by atoms with Crippen LogP contribution in [0.5, 0.6) is 11.5 Å². The Labute approximate surface area is 191 Å². The number of fused-ring (bicyclic) bond motifs is 1. The SMILES string of the molecule is Cc1ccc(NC(=O)C2(c3ccc4c(c3)OCO4)CC2)cc1-c1ccc(S(=O)(=O)O)c(F)c1.[HH]. The Kier molecular flexibility index (Phi) is 4.91. The third-order valence-electron chi connectivity index (χ3n) is 6.13. The number of carbonyl (C=O) groups is 1. The fraction of sp³-hybridized carbons (Fsp3) is 0.208. The van der Waals surface area contributed by atoms with Crippen molar-refractivity contribution in [2.24, 2.45) is 0 Å². The monoisotopic (exact) mass is 471 g/mol. The molecule has 7 nitrogen and oxygen atoms in total. The highest BCUT2D eigenvalue weighted by Crippen LogP contribution is 2.51. The lowest BCUT2D eigenvalue weighted by atomic mass is 9.94. The smallest absolute Gasteiger partial charge is 0.297 e. The third-order valence-corrected chi connectivity index (χ3v) is 7.01. The van der Waals surface area contributed by atoms with Gasteiger partial charge in [0.2, 0.25) is 12.7 Å². The van der Waals surface area contributed by atoms with Crippen LogP contribution in [0.4, 0.5) is 10.1 Å². The average molecular weight is 472 g/mol. The lowest BCUT2D eigenvalue weighted by Gasteiger charge is -2.17. The summed E-state index contributed by atoms with van der Waals surface area (Å²) in [6, 6.07) is 14.3. The van der Waals surface area contributed by atoms with Crippen LogP contribution in [-0.4, -0.2) is 25.7 Å². The van der Waals surface area contributed by atoms with Gasteiger partial charge in [0, 0.05) is 7.11 Å². The summed E-state index contributed by atoms with van der Waals surface area (Å²) >= 11 is 0. The number of anilines is 1. The van der Waals surface area contributed by atoms with Crippen molar-refractivity contribution in [3.05, 3.63) is 71.5 Å². The molecule has 172 valence electrons. The topological polar surface area (TPSA) is 102 Å². The van der Waals surface area contributed by atoms with Crippen LogP contribution in [-0.2, 0) is 20.3 Å². The van der Waals surface area contributed by atoms with E-state index in [1.807, 2.05) is 19.1 Å². The van der Waals surface area contributed by atoms with Crippen molar-refractivity contribution < 1.29 is 33.1 Å². The molecule has 33 heavy (non-hydrogen) atoms. The van der Waals surface area contributed by atoms with Crippen molar-refractivity contribution in [1.29, 1.82) is 0 Å². The number of rotatable bonds is 5. The van der Waals surface area contributed by atoms with Gasteiger partial charge < -0.3 is 14.8 Å². The van der Waals surface area contributed by atoms with Crippen molar-refractivity contribution in [2.45, 2.75) is 30.1 Å². The first-order chi connectivity index (χ1) is 15.7. The van der Waals surface area contributed by atoms with Crippen molar-refractivity contribution in [1.82, 2.24) is 0 Å². The second kappa shape index (κ2) is 7.57. The molecule has 1 aliphatic heterocycles. The standard InChI is InChI=1S/C24H20FNO6S.H2/c1-14-2-5-17(12-18(14)15-3-7-22(19(25)10-15)33(28,29)30)26-23(27)24(8-9-24)16-4-6-20-21(11-16)32-13-31-20;/h2-7,10-12H,8-9,13H2,1H3,(H,26,27)(H,28,29,30);1H. The van der Waals surface area contributed by atoms with Crippen LogP contribution in [0.25, 0.3) is 11.1 Å². The molecule has 2 N–H and O–H groups in total. The molecule has 1 saturated carbocycles. The molecule has 3 aromatic carbocycles. The Bertz CT molecular complexity index is 1400. The van der Waals surface area contributed by atoms with Gasteiger partial charge in [0.15, 0.2) is 11.5 Å². The highest BCUT2D eigenvalue weighted by atomic mass is 32.2. The Morgan fingerprint density at radius 1 is 1.06 bits per heavy atom. The van der Waals surface area contributed by atoms with Crippen molar-refractivity contribution in [2.75, 3.05) is 12.1 Å². The second-order valence-electron chi connectivity index (χ2n) is 8.25. The maximum Gasteiger partial charge on any atom is 0.297 e. The first-order valence-corrected chi connectivity index (χ1v) is 11.7. The molecule has 0 radical (unpaired) electrons. The zero-order chi connectivity index (χ0) is 23.4. The summed E-state index contributed by atoms with van der Waals surface area (Å²) in [5.41, 5.74) is 2.61. The molecule has 0 unspecified atom stereocenters. The Morgan fingerprint density at radius 2 is 1.82 bits per heavy atom. The van der Waals surface area contributed by atoms with Gasteiger partial charge in [0.05, 0.1) is 5.41 Å². The number of ether oxygens (including phenoxy) is 2. The quantitative estimate of drug-likeness (QED) is 0.524. The minimum absolute atomic E-state index is 0. The number of benzene rings is 3. The lowest BCUT2D eigenvalue weighted by molar-refractivity contribution is -0.118. The number of hydrogen-bond donors (Lipinski definition) is 2. The zero-order valence-corrected chi connectivity index (χ0v) is 18.4. The second-order valence-corrected chi connectivity index (χ2v) is 9.64. The first kappa shape index (κ1) is 21.4. The fourth-order valence-electron chi connectivity index (χ4n) is 4.11. The highest BCUT2D eigenvalue weighted by Gasteiger charge is 2.51. The summed E-state index contributed by atoms with van der Waals surface area (Å²) in [5, 5.41) is 2.96. The zero-order valence-electron chi connectivity index (χ0n) is 17.6. The van der Waals surface area contributed by atoms with Crippen LogP contribution in [0.2, 0.25) is 0 Å². The predicted octanol–water partition coefficient (Wildman–Crippen LogP) is 4.69. The molecule has 1 aliphatic carbocycles. The molecule has 3 aromatic rings. The number of nitrogens with one attached hydrogen (secondary N) is 1. The van der Waals surface area contributed by atoms with Gasteiger partial charge in [-0.25, -0.2) is 4.39 Å². The average Bonchev–Trinajstić information content (AvgIpc) is 3.45. The van der Waals surface area contributed by atoms with E-state index in [0.29, 0.717) is 41.2 Å². The molecule has 0 atom stereocenters. The minimum Gasteiger partial charge on any atom is -0.454 e. The summed E-state index contributed by atoms with van der Waals surface area (Å²) in [5.74, 6) is 0.0811. The largest absolute Gasteiger partial charge is 0.454 e. The Hall–Kier alpha value is -3.43. The molecule has 1 amide bonds. The van der Waals surface area contributed by atoms with Crippen LogP contribution in [0.3, 0.4) is 0 Å².